The molecule has 0 bridgehead atoms. The van der Waals surface area contributed by atoms with Crippen LogP contribution in [-0.4, -0.2) is 35.1 Å². The fourth-order valence-electron chi connectivity index (χ4n) is 2.64. The minimum atomic E-state index is -1.01. The minimum Gasteiger partial charge on any atom is -0.477 e. The number of hydrogen-bond acceptors (Lipinski definition) is 4. The van der Waals surface area contributed by atoms with Gasteiger partial charge in [0.25, 0.3) is 0 Å². The van der Waals surface area contributed by atoms with Gasteiger partial charge < -0.3 is 14.7 Å². The van der Waals surface area contributed by atoms with Crippen molar-refractivity contribution in [3.8, 4) is 0 Å². The van der Waals surface area contributed by atoms with Crippen LogP contribution in [-0.2, 0) is 14.4 Å². The maximum atomic E-state index is 11.2. The molecule has 1 N–H and O–H groups in total. The van der Waals surface area contributed by atoms with Crippen LogP contribution in [0.2, 0.25) is 0 Å². The third-order valence-corrected chi connectivity index (χ3v) is 3.59. The molecular formula is C12H19NO4. The molecule has 5 nitrogen and oxygen atoms in total. The van der Waals surface area contributed by atoms with Gasteiger partial charge in [-0.05, 0) is 32.6 Å². The van der Waals surface area contributed by atoms with Gasteiger partial charge in [0.2, 0.25) is 0 Å². The summed E-state index contributed by atoms with van der Waals surface area (Å²) in [5, 5.41) is 12.9. The number of hydrogen-bond donors (Lipinski definition) is 1. The zero-order chi connectivity index (χ0) is 12.6. The predicted molar refractivity (Wildman–Crippen MR) is 61.9 cm³/mol. The molecule has 0 unspecified atom stereocenters. The zero-order valence-electron chi connectivity index (χ0n) is 10.5. The van der Waals surface area contributed by atoms with Crippen LogP contribution in [0.25, 0.3) is 0 Å². The predicted octanol–water partition coefficient (Wildman–Crippen LogP) is 1.67. The molecule has 2 aliphatic rings. The highest BCUT2D eigenvalue weighted by Gasteiger charge is 2.50. The first-order valence-electron chi connectivity index (χ1n) is 6.03. The molecule has 0 spiro atoms. The molecule has 17 heavy (non-hydrogen) atoms. The summed E-state index contributed by atoms with van der Waals surface area (Å²) in [7, 11) is 0. The van der Waals surface area contributed by atoms with Gasteiger partial charge in [-0.25, -0.2) is 4.79 Å². The number of rotatable bonds is 2. The van der Waals surface area contributed by atoms with Crippen molar-refractivity contribution in [3.63, 3.8) is 0 Å². The summed E-state index contributed by atoms with van der Waals surface area (Å²) >= 11 is 0. The zero-order valence-corrected chi connectivity index (χ0v) is 10.5. The van der Waals surface area contributed by atoms with Crippen molar-refractivity contribution < 1.29 is 19.5 Å². The Morgan fingerprint density at radius 2 is 2.24 bits per heavy atom. The number of carboxylic acids is 1. The van der Waals surface area contributed by atoms with Crippen molar-refractivity contribution in [1.29, 1.82) is 0 Å². The first kappa shape index (κ1) is 12.4. The van der Waals surface area contributed by atoms with Gasteiger partial charge >= 0.3 is 5.97 Å². The first-order chi connectivity index (χ1) is 7.92. The van der Waals surface area contributed by atoms with Gasteiger partial charge in [0.15, 0.2) is 5.71 Å². The van der Waals surface area contributed by atoms with E-state index in [0.29, 0.717) is 12.5 Å². The third-order valence-electron chi connectivity index (χ3n) is 3.59. The van der Waals surface area contributed by atoms with Crippen LogP contribution in [0.3, 0.4) is 0 Å². The number of carboxylic acid groups (broad SMARTS) is 1. The quantitative estimate of drug-likeness (QED) is 0.798. The number of oxime groups is 1. The SMILES string of the molecule is C[C@@H]1CCO[C@@H]([C@H]2C(C(=O)O)=NOC2(C)C)C1. The summed E-state index contributed by atoms with van der Waals surface area (Å²) < 4.78 is 5.72. The van der Waals surface area contributed by atoms with Gasteiger partial charge in [0.05, 0.1) is 12.0 Å². The van der Waals surface area contributed by atoms with Gasteiger partial charge in [-0.2, -0.15) is 0 Å². The van der Waals surface area contributed by atoms with Gasteiger partial charge in [-0.15, -0.1) is 0 Å². The topological polar surface area (TPSA) is 68.1 Å². The average Bonchev–Trinajstić information content (AvgIpc) is 2.54. The van der Waals surface area contributed by atoms with Crippen LogP contribution in [0.4, 0.5) is 0 Å². The van der Waals surface area contributed by atoms with E-state index in [0.717, 1.165) is 12.8 Å². The molecule has 3 atom stereocenters. The van der Waals surface area contributed by atoms with Crippen LogP contribution in [0.15, 0.2) is 5.16 Å². The van der Waals surface area contributed by atoms with E-state index in [1.54, 1.807) is 0 Å². The molecule has 1 fully saturated rings. The smallest absolute Gasteiger partial charge is 0.354 e. The van der Waals surface area contributed by atoms with Crippen molar-refractivity contribution in [2.75, 3.05) is 6.61 Å². The first-order valence-corrected chi connectivity index (χ1v) is 6.03. The Morgan fingerprint density at radius 3 is 2.82 bits per heavy atom. The molecule has 2 heterocycles. The van der Waals surface area contributed by atoms with Crippen LogP contribution in [0, 0.1) is 11.8 Å². The lowest BCUT2D eigenvalue weighted by Gasteiger charge is -2.36. The maximum absolute atomic E-state index is 11.2. The van der Waals surface area contributed by atoms with Gasteiger partial charge in [-0.1, -0.05) is 12.1 Å². The molecule has 0 saturated carbocycles. The summed E-state index contributed by atoms with van der Waals surface area (Å²) in [6, 6.07) is 0. The molecule has 2 aliphatic heterocycles. The second-order valence-corrected chi connectivity index (χ2v) is 5.49. The molecule has 1 saturated heterocycles. The molecule has 0 aromatic carbocycles. The van der Waals surface area contributed by atoms with Crippen LogP contribution < -0.4 is 0 Å². The molecule has 0 aromatic rings. The number of nitrogens with zero attached hydrogens (tertiary/aromatic N) is 1. The monoisotopic (exact) mass is 241 g/mol. The molecule has 5 heteroatoms. The largest absolute Gasteiger partial charge is 0.477 e. The lowest BCUT2D eigenvalue weighted by Crippen LogP contribution is -2.46. The van der Waals surface area contributed by atoms with E-state index in [1.165, 1.54) is 0 Å². The van der Waals surface area contributed by atoms with Crippen molar-refractivity contribution in [3.05, 3.63) is 0 Å². The van der Waals surface area contributed by atoms with Crippen LogP contribution in [0.1, 0.15) is 33.6 Å². The van der Waals surface area contributed by atoms with E-state index in [-0.39, 0.29) is 17.7 Å². The molecule has 0 aliphatic carbocycles. The molecular weight excluding hydrogens is 222 g/mol. The summed E-state index contributed by atoms with van der Waals surface area (Å²) in [6.45, 7) is 6.57. The highest BCUT2D eigenvalue weighted by atomic mass is 16.7. The highest BCUT2D eigenvalue weighted by molar-refractivity contribution is 6.37. The Kier molecular flexibility index (Phi) is 3.12. The lowest BCUT2D eigenvalue weighted by molar-refractivity contribution is -0.130. The second-order valence-electron chi connectivity index (χ2n) is 5.49. The summed E-state index contributed by atoms with van der Waals surface area (Å²) in [4.78, 5) is 16.4. The van der Waals surface area contributed by atoms with Gasteiger partial charge in [0.1, 0.15) is 5.60 Å². The fraction of sp³-hybridized carbons (Fsp3) is 0.833. The minimum absolute atomic E-state index is 0.0918. The van der Waals surface area contributed by atoms with E-state index in [1.807, 2.05) is 13.8 Å². The summed E-state index contributed by atoms with van der Waals surface area (Å²) in [5.41, 5.74) is -0.510. The summed E-state index contributed by atoms with van der Waals surface area (Å²) in [6.07, 6.45) is 1.79. The lowest BCUT2D eigenvalue weighted by atomic mass is 9.78. The Hall–Kier alpha value is -1.10. The molecule has 0 radical (unpaired) electrons. The average molecular weight is 241 g/mol. The Labute approximate surface area is 101 Å². The van der Waals surface area contributed by atoms with E-state index < -0.39 is 11.6 Å². The number of ether oxygens (including phenoxy) is 1. The Balaban J connectivity index is 2.20. The van der Waals surface area contributed by atoms with Gasteiger partial charge in [-0.3, -0.25) is 0 Å². The normalized spacial score (nSPS) is 36.2. The molecule has 2 rings (SSSR count). The standard InChI is InChI=1S/C12H19NO4/c1-7-4-5-16-8(6-7)9-10(11(14)15)13-17-12(9,2)3/h7-9H,4-6H2,1-3H3,(H,14,15)/t7-,8-,9+/m1/s1. The molecule has 0 amide bonds. The maximum Gasteiger partial charge on any atom is 0.354 e. The third kappa shape index (κ3) is 2.29. The van der Waals surface area contributed by atoms with Crippen molar-refractivity contribution in [2.24, 2.45) is 17.0 Å². The Morgan fingerprint density at radius 1 is 1.53 bits per heavy atom. The van der Waals surface area contributed by atoms with Crippen molar-refractivity contribution >= 4 is 11.7 Å². The highest BCUT2D eigenvalue weighted by Crippen LogP contribution is 2.37. The van der Waals surface area contributed by atoms with E-state index >= 15 is 0 Å². The number of aliphatic carboxylic acids is 1. The van der Waals surface area contributed by atoms with Crippen molar-refractivity contribution in [2.45, 2.75) is 45.3 Å². The van der Waals surface area contributed by atoms with E-state index in [4.69, 9.17) is 14.7 Å². The van der Waals surface area contributed by atoms with E-state index in [2.05, 4.69) is 12.1 Å². The Bertz CT molecular complexity index is 350. The fourth-order valence-corrected chi connectivity index (χ4v) is 2.64. The summed E-state index contributed by atoms with van der Waals surface area (Å²) in [5.74, 6) is -0.745. The van der Waals surface area contributed by atoms with Crippen molar-refractivity contribution in [1.82, 2.24) is 0 Å². The molecule has 96 valence electrons. The number of carbonyl (C=O) groups is 1. The molecule has 0 aromatic heterocycles. The van der Waals surface area contributed by atoms with E-state index in [9.17, 15) is 4.79 Å². The van der Waals surface area contributed by atoms with Crippen LogP contribution >= 0.6 is 0 Å². The second kappa shape index (κ2) is 4.29. The van der Waals surface area contributed by atoms with Gasteiger partial charge in [0, 0.05) is 6.61 Å². The van der Waals surface area contributed by atoms with Crippen LogP contribution in [0.5, 0.6) is 0 Å².